The van der Waals surface area contributed by atoms with Gasteiger partial charge in [-0.1, -0.05) is 18.1 Å². The fourth-order valence-electron chi connectivity index (χ4n) is 1.55. The van der Waals surface area contributed by atoms with E-state index in [2.05, 4.69) is 11.2 Å². The number of para-hydroxylation sites is 1. The fourth-order valence-corrected chi connectivity index (χ4v) is 1.55. The zero-order valence-corrected chi connectivity index (χ0v) is 12.0. The molecule has 106 valence electrons. The van der Waals surface area contributed by atoms with Crippen molar-refractivity contribution in [2.24, 2.45) is 0 Å². The van der Waals surface area contributed by atoms with Crippen LogP contribution in [0.5, 0.6) is 11.5 Å². The summed E-state index contributed by atoms with van der Waals surface area (Å²) in [6.07, 6.45) is 4.81. The van der Waals surface area contributed by atoms with Gasteiger partial charge in [-0.15, -0.1) is 18.8 Å². The van der Waals surface area contributed by atoms with E-state index >= 15 is 0 Å². The lowest BCUT2D eigenvalue weighted by Crippen LogP contribution is -2.24. The maximum Gasteiger partial charge on any atom is 0.167 e. The molecule has 5 heteroatoms. The first-order valence-electron chi connectivity index (χ1n) is 5.80. The van der Waals surface area contributed by atoms with Crippen molar-refractivity contribution in [1.29, 1.82) is 0 Å². The largest absolute Gasteiger partial charge is 0.493 e. The van der Waals surface area contributed by atoms with Crippen molar-refractivity contribution >= 4 is 12.4 Å². The molecule has 1 aromatic carbocycles. The maximum atomic E-state index is 9.20. The van der Waals surface area contributed by atoms with Crippen LogP contribution in [-0.2, 0) is 6.54 Å². The van der Waals surface area contributed by atoms with Crippen LogP contribution in [-0.4, -0.2) is 31.5 Å². The molecule has 0 bridgehead atoms. The van der Waals surface area contributed by atoms with Gasteiger partial charge in [-0.05, 0) is 13.0 Å². The Morgan fingerprint density at radius 3 is 2.79 bits per heavy atom. The third-order valence-corrected chi connectivity index (χ3v) is 2.34. The number of rotatable bonds is 7. The molecule has 0 aromatic heterocycles. The summed E-state index contributed by atoms with van der Waals surface area (Å²) in [5.41, 5.74) is 0.949. The van der Waals surface area contributed by atoms with Gasteiger partial charge >= 0.3 is 0 Å². The van der Waals surface area contributed by atoms with E-state index in [0.717, 1.165) is 5.56 Å². The van der Waals surface area contributed by atoms with Gasteiger partial charge in [0.1, 0.15) is 6.61 Å². The highest BCUT2D eigenvalue weighted by molar-refractivity contribution is 5.85. The molecule has 0 aliphatic rings. The molecule has 0 heterocycles. The lowest BCUT2D eigenvalue weighted by molar-refractivity contribution is 0.190. The van der Waals surface area contributed by atoms with Crippen LogP contribution in [0.2, 0.25) is 0 Å². The SMILES string of the molecule is C#CCOc1c(CNCC(C)O)cccc1OC.Cl. The van der Waals surface area contributed by atoms with Crippen LogP contribution in [0.1, 0.15) is 12.5 Å². The second-order valence-electron chi connectivity index (χ2n) is 3.92. The first kappa shape index (κ1) is 17.6. The van der Waals surface area contributed by atoms with Gasteiger partial charge in [0, 0.05) is 18.7 Å². The molecule has 0 spiro atoms. The average Bonchev–Trinajstić information content (AvgIpc) is 2.36. The summed E-state index contributed by atoms with van der Waals surface area (Å²) in [6, 6.07) is 5.65. The van der Waals surface area contributed by atoms with Crippen molar-refractivity contribution in [3.8, 4) is 23.8 Å². The van der Waals surface area contributed by atoms with E-state index in [9.17, 15) is 5.11 Å². The van der Waals surface area contributed by atoms with Crippen LogP contribution in [0.3, 0.4) is 0 Å². The number of methoxy groups -OCH3 is 1. The molecule has 4 nitrogen and oxygen atoms in total. The number of benzene rings is 1. The molecule has 1 atom stereocenters. The minimum atomic E-state index is -0.384. The first-order chi connectivity index (χ1) is 8.69. The van der Waals surface area contributed by atoms with Crippen molar-refractivity contribution in [1.82, 2.24) is 5.32 Å². The topological polar surface area (TPSA) is 50.7 Å². The highest BCUT2D eigenvalue weighted by atomic mass is 35.5. The Morgan fingerprint density at radius 1 is 1.47 bits per heavy atom. The van der Waals surface area contributed by atoms with Crippen molar-refractivity contribution < 1.29 is 14.6 Å². The van der Waals surface area contributed by atoms with Gasteiger partial charge in [0.2, 0.25) is 0 Å². The van der Waals surface area contributed by atoms with Gasteiger partial charge in [0.05, 0.1) is 13.2 Å². The van der Waals surface area contributed by atoms with Crippen molar-refractivity contribution in [2.45, 2.75) is 19.6 Å². The molecule has 0 saturated carbocycles. The maximum absolute atomic E-state index is 9.20. The third kappa shape index (κ3) is 5.84. The molecular weight excluding hydrogens is 266 g/mol. The van der Waals surface area contributed by atoms with E-state index in [1.54, 1.807) is 14.0 Å². The minimum Gasteiger partial charge on any atom is -0.493 e. The summed E-state index contributed by atoms with van der Waals surface area (Å²) >= 11 is 0. The number of ether oxygens (including phenoxy) is 2. The minimum absolute atomic E-state index is 0. The highest BCUT2D eigenvalue weighted by Gasteiger charge is 2.10. The Labute approximate surface area is 120 Å². The number of terminal acetylenes is 1. The number of aliphatic hydroxyl groups is 1. The summed E-state index contributed by atoms with van der Waals surface area (Å²) in [7, 11) is 1.59. The molecule has 1 rings (SSSR count). The van der Waals surface area contributed by atoms with E-state index < -0.39 is 0 Å². The van der Waals surface area contributed by atoms with Gasteiger partial charge in [-0.25, -0.2) is 0 Å². The van der Waals surface area contributed by atoms with Gasteiger partial charge < -0.3 is 19.9 Å². The normalized spacial score (nSPS) is 11.1. The molecule has 0 aliphatic carbocycles. The van der Waals surface area contributed by atoms with E-state index in [1.807, 2.05) is 18.2 Å². The van der Waals surface area contributed by atoms with Gasteiger partial charge in [-0.2, -0.15) is 0 Å². The van der Waals surface area contributed by atoms with Crippen LogP contribution in [0, 0.1) is 12.3 Å². The number of nitrogens with one attached hydrogen (secondary N) is 1. The predicted octanol–water partition coefficient (Wildman–Crippen LogP) is 1.60. The molecule has 19 heavy (non-hydrogen) atoms. The lowest BCUT2D eigenvalue weighted by Gasteiger charge is -2.14. The Hall–Kier alpha value is -1.41. The number of hydrogen-bond donors (Lipinski definition) is 2. The molecule has 0 radical (unpaired) electrons. The van der Waals surface area contributed by atoms with Crippen LogP contribution in [0.25, 0.3) is 0 Å². The summed E-state index contributed by atoms with van der Waals surface area (Å²) < 4.78 is 10.7. The molecule has 0 fully saturated rings. The molecule has 1 unspecified atom stereocenters. The monoisotopic (exact) mass is 285 g/mol. The second-order valence-corrected chi connectivity index (χ2v) is 3.92. The van der Waals surface area contributed by atoms with Crippen LogP contribution in [0.15, 0.2) is 18.2 Å². The zero-order valence-electron chi connectivity index (χ0n) is 11.2. The number of hydrogen-bond acceptors (Lipinski definition) is 4. The standard InChI is InChI=1S/C14H19NO3.ClH/c1-4-8-18-14-12(10-15-9-11(2)16)6-5-7-13(14)17-3;/h1,5-7,11,15-16H,8-10H2,2-3H3;1H. The summed E-state index contributed by atoms with van der Waals surface area (Å²) in [6.45, 7) is 3.03. The molecule has 1 aromatic rings. The quantitative estimate of drug-likeness (QED) is 0.747. The third-order valence-electron chi connectivity index (χ3n) is 2.34. The molecular formula is C14H20ClNO3. The number of aliphatic hydroxyl groups excluding tert-OH is 1. The van der Waals surface area contributed by atoms with Crippen molar-refractivity contribution in [2.75, 3.05) is 20.3 Å². The van der Waals surface area contributed by atoms with Gasteiger partial charge in [0.25, 0.3) is 0 Å². The van der Waals surface area contributed by atoms with Crippen molar-refractivity contribution in [3.63, 3.8) is 0 Å². The van der Waals surface area contributed by atoms with E-state index in [0.29, 0.717) is 24.6 Å². The van der Waals surface area contributed by atoms with Crippen LogP contribution in [0.4, 0.5) is 0 Å². The molecule has 2 N–H and O–H groups in total. The number of halogens is 1. The molecule has 0 aliphatic heterocycles. The average molecular weight is 286 g/mol. The first-order valence-corrected chi connectivity index (χ1v) is 5.80. The summed E-state index contributed by atoms with van der Waals surface area (Å²) in [5.74, 6) is 3.73. The summed E-state index contributed by atoms with van der Waals surface area (Å²) in [5, 5.41) is 12.3. The Kier molecular flexibility index (Phi) is 8.81. The Balaban J connectivity index is 0.00000324. The van der Waals surface area contributed by atoms with E-state index in [4.69, 9.17) is 15.9 Å². The van der Waals surface area contributed by atoms with Gasteiger partial charge in [-0.3, -0.25) is 0 Å². The molecule has 0 amide bonds. The fraction of sp³-hybridized carbons (Fsp3) is 0.429. The van der Waals surface area contributed by atoms with E-state index in [-0.39, 0.29) is 25.1 Å². The van der Waals surface area contributed by atoms with Gasteiger partial charge in [0.15, 0.2) is 11.5 Å². The lowest BCUT2D eigenvalue weighted by atomic mass is 10.2. The van der Waals surface area contributed by atoms with Crippen molar-refractivity contribution in [3.05, 3.63) is 23.8 Å². The second kappa shape index (κ2) is 9.51. The summed E-state index contributed by atoms with van der Waals surface area (Å²) in [4.78, 5) is 0. The van der Waals surface area contributed by atoms with Crippen LogP contribution < -0.4 is 14.8 Å². The predicted molar refractivity (Wildman–Crippen MR) is 78.0 cm³/mol. The highest BCUT2D eigenvalue weighted by Crippen LogP contribution is 2.30. The van der Waals surface area contributed by atoms with E-state index in [1.165, 1.54) is 0 Å². The Bertz CT molecular complexity index is 416. The Morgan fingerprint density at radius 2 is 2.21 bits per heavy atom. The smallest absolute Gasteiger partial charge is 0.167 e. The van der Waals surface area contributed by atoms with Crippen LogP contribution >= 0.6 is 12.4 Å². The zero-order chi connectivity index (χ0) is 13.4. The molecule has 0 saturated heterocycles.